The second-order valence-corrected chi connectivity index (χ2v) is 7.23. The highest BCUT2D eigenvalue weighted by molar-refractivity contribution is 6.42. The molecule has 0 radical (unpaired) electrons. The van der Waals surface area contributed by atoms with Crippen molar-refractivity contribution < 1.29 is 9.13 Å². The number of fused-ring (bicyclic) bond motifs is 3. The Bertz CT molecular complexity index is 941. The number of halogens is 4. The predicted octanol–water partition coefficient (Wildman–Crippen LogP) is 5.28. The Kier molecular flexibility index (Phi) is 6.53. The van der Waals surface area contributed by atoms with Crippen LogP contribution in [0.15, 0.2) is 36.4 Å². The topological polar surface area (TPSA) is 26.2 Å². The lowest BCUT2D eigenvalue weighted by molar-refractivity contribution is 0.298. The van der Waals surface area contributed by atoms with Crippen LogP contribution in [0.2, 0.25) is 10.0 Å². The average Bonchev–Trinajstić information content (AvgIpc) is 2.79. The molecule has 0 unspecified atom stereocenters. The van der Waals surface area contributed by atoms with Crippen LogP contribution in [-0.4, -0.2) is 24.3 Å². The van der Waals surface area contributed by atoms with Crippen LogP contribution < -0.4 is 10.1 Å². The molecule has 1 aliphatic rings. The summed E-state index contributed by atoms with van der Waals surface area (Å²) in [4.78, 5) is 0. The minimum absolute atomic E-state index is 0. The number of nitrogens with zero attached hydrogens (tertiary/aromatic N) is 1. The van der Waals surface area contributed by atoms with Gasteiger partial charge in [0.1, 0.15) is 18.2 Å². The van der Waals surface area contributed by atoms with Crippen LogP contribution >= 0.6 is 35.6 Å². The number of hydrogen-bond acceptors (Lipinski definition) is 2. The summed E-state index contributed by atoms with van der Waals surface area (Å²) in [6.07, 6.45) is 1.92. The van der Waals surface area contributed by atoms with Crippen LogP contribution in [0.5, 0.6) is 5.75 Å². The molecule has 3 aromatic rings. The van der Waals surface area contributed by atoms with Gasteiger partial charge in [-0.3, -0.25) is 0 Å². The molecule has 2 aromatic carbocycles. The molecule has 144 valence electrons. The van der Waals surface area contributed by atoms with Gasteiger partial charge in [-0.1, -0.05) is 23.2 Å². The van der Waals surface area contributed by atoms with Gasteiger partial charge >= 0.3 is 0 Å². The quantitative estimate of drug-likeness (QED) is 0.611. The van der Waals surface area contributed by atoms with Crippen molar-refractivity contribution in [3.63, 3.8) is 0 Å². The first-order valence-corrected chi connectivity index (χ1v) is 9.47. The summed E-state index contributed by atoms with van der Waals surface area (Å²) < 4.78 is 21.1. The third-order valence-electron chi connectivity index (χ3n) is 4.82. The van der Waals surface area contributed by atoms with E-state index < -0.39 is 0 Å². The molecule has 0 fully saturated rings. The van der Waals surface area contributed by atoms with Crippen LogP contribution in [0.25, 0.3) is 10.9 Å². The van der Waals surface area contributed by atoms with E-state index in [9.17, 15) is 4.39 Å². The molecule has 1 aliphatic heterocycles. The third-order valence-corrected chi connectivity index (χ3v) is 5.54. The Morgan fingerprint density at radius 3 is 2.52 bits per heavy atom. The maximum atomic E-state index is 13.0. The van der Waals surface area contributed by atoms with Crippen molar-refractivity contribution in [1.82, 2.24) is 9.88 Å². The summed E-state index contributed by atoms with van der Waals surface area (Å²) in [6, 6.07) is 10.0. The second kappa shape index (κ2) is 8.70. The summed E-state index contributed by atoms with van der Waals surface area (Å²) in [7, 11) is 0. The molecule has 1 N–H and O–H groups in total. The highest BCUT2D eigenvalue weighted by Gasteiger charge is 2.20. The summed E-state index contributed by atoms with van der Waals surface area (Å²) in [5.41, 5.74) is 3.74. The standard InChI is InChI=1S/C20H19Cl2FN2O.ClH/c21-17-11-16-15-5-7-24-8-6-19(15)25(20(16)12-18(17)22)9-10-26-14-3-1-13(23)2-4-14;/h1-4,11-12,24H,5-10H2;1H. The number of benzene rings is 2. The van der Waals surface area contributed by atoms with Crippen LogP contribution in [0.4, 0.5) is 4.39 Å². The van der Waals surface area contributed by atoms with Gasteiger partial charge in [0.25, 0.3) is 0 Å². The van der Waals surface area contributed by atoms with Crippen LogP contribution in [0.1, 0.15) is 11.3 Å². The van der Waals surface area contributed by atoms with Crippen molar-refractivity contribution in [3.8, 4) is 5.75 Å². The molecular weight excluding hydrogens is 410 g/mol. The van der Waals surface area contributed by atoms with Gasteiger partial charge in [0, 0.05) is 24.0 Å². The zero-order valence-electron chi connectivity index (χ0n) is 14.6. The van der Waals surface area contributed by atoms with Crippen molar-refractivity contribution in [2.75, 3.05) is 19.7 Å². The lowest BCUT2D eigenvalue weighted by Gasteiger charge is -2.12. The maximum Gasteiger partial charge on any atom is 0.123 e. The predicted molar refractivity (Wildman–Crippen MR) is 111 cm³/mol. The maximum absolute atomic E-state index is 13.0. The molecule has 7 heteroatoms. The smallest absolute Gasteiger partial charge is 0.123 e. The van der Waals surface area contributed by atoms with Crippen LogP contribution in [0.3, 0.4) is 0 Å². The van der Waals surface area contributed by atoms with E-state index in [1.165, 1.54) is 28.8 Å². The number of ether oxygens (including phenoxy) is 1. The van der Waals surface area contributed by atoms with Crippen molar-refractivity contribution in [2.24, 2.45) is 0 Å². The van der Waals surface area contributed by atoms with E-state index in [1.807, 2.05) is 12.1 Å². The SMILES string of the molecule is Cl.Fc1ccc(OCCn2c3c(c4cc(Cl)c(Cl)cc42)CCNCC3)cc1. The van der Waals surface area contributed by atoms with Crippen molar-refractivity contribution in [1.29, 1.82) is 0 Å². The molecule has 0 spiro atoms. The molecule has 0 aliphatic carbocycles. The number of rotatable bonds is 4. The Morgan fingerprint density at radius 1 is 1.04 bits per heavy atom. The van der Waals surface area contributed by atoms with Gasteiger partial charge in [0.15, 0.2) is 0 Å². The number of nitrogens with one attached hydrogen (secondary N) is 1. The minimum atomic E-state index is -0.266. The molecular formula is C20H20Cl3FN2O. The summed E-state index contributed by atoms with van der Waals surface area (Å²) in [6.45, 7) is 3.10. The zero-order valence-corrected chi connectivity index (χ0v) is 16.9. The summed E-state index contributed by atoms with van der Waals surface area (Å²) in [5.74, 6) is 0.398. The van der Waals surface area contributed by atoms with Gasteiger partial charge in [-0.2, -0.15) is 0 Å². The van der Waals surface area contributed by atoms with Gasteiger partial charge in [0.05, 0.1) is 22.1 Å². The van der Waals surface area contributed by atoms with E-state index >= 15 is 0 Å². The number of hydrogen-bond donors (Lipinski definition) is 1. The van der Waals surface area contributed by atoms with Gasteiger partial charge < -0.3 is 14.6 Å². The number of aromatic nitrogens is 1. The van der Waals surface area contributed by atoms with Gasteiger partial charge in [0.2, 0.25) is 0 Å². The van der Waals surface area contributed by atoms with Crippen molar-refractivity contribution in [2.45, 2.75) is 19.4 Å². The first-order chi connectivity index (χ1) is 12.6. The Hall–Kier alpha value is -1.46. The molecule has 0 atom stereocenters. The first-order valence-electron chi connectivity index (χ1n) is 8.71. The molecule has 1 aromatic heterocycles. The zero-order chi connectivity index (χ0) is 18.1. The Morgan fingerprint density at radius 2 is 1.74 bits per heavy atom. The largest absolute Gasteiger partial charge is 0.492 e. The van der Waals surface area contributed by atoms with E-state index in [0.717, 1.165) is 31.4 Å². The molecule has 4 rings (SSSR count). The molecule has 27 heavy (non-hydrogen) atoms. The summed E-state index contributed by atoms with van der Waals surface area (Å²) >= 11 is 12.5. The fourth-order valence-corrected chi connectivity index (χ4v) is 3.94. The van der Waals surface area contributed by atoms with E-state index in [-0.39, 0.29) is 18.2 Å². The monoisotopic (exact) mass is 428 g/mol. The molecule has 0 saturated heterocycles. The van der Waals surface area contributed by atoms with E-state index in [0.29, 0.717) is 28.9 Å². The second-order valence-electron chi connectivity index (χ2n) is 6.41. The van der Waals surface area contributed by atoms with Crippen LogP contribution in [0, 0.1) is 5.82 Å². The highest BCUT2D eigenvalue weighted by Crippen LogP contribution is 2.34. The van der Waals surface area contributed by atoms with Crippen molar-refractivity contribution in [3.05, 3.63) is 63.5 Å². The van der Waals surface area contributed by atoms with Gasteiger partial charge in [-0.25, -0.2) is 4.39 Å². The fraction of sp³-hybridized carbons (Fsp3) is 0.300. The molecule has 0 saturated carbocycles. The van der Waals surface area contributed by atoms with E-state index in [4.69, 9.17) is 27.9 Å². The lowest BCUT2D eigenvalue weighted by atomic mass is 10.1. The lowest BCUT2D eigenvalue weighted by Crippen LogP contribution is -2.18. The normalized spacial score (nSPS) is 13.7. The van der Waals surface area contributed by atoms with E-state index in [2.05, 4.69) is 9.88 Å². The summed E-state index contributed by atoms with van der Waals surface area (Å²) in [5, 5.41) is 5.76. The van der Waals surface area contributed by atoms with Crippen molar-refractivity contribution >= 4 is 46.5 Å². The van der Waals surface area contributed by atoms with E-state index in [1.54, 1.807) is 12.1 Å². The molecule has 3 nitrogen and oxygen atoms in total. The Balaban J connectivity index is 0.00000210. The highest BCUT2D eigenvalue weighted by atomic mass is 35.5. The van der Waals surface area contributed by atoms with Gasteiger partial charge in [-0.05, 0) is 54.9 Å². The third kappa shape index (κ3) is 4.19. The minimum Gasteiger partial charge on any atom is -0.492 e. The Labute approximate surface area is 173 Å². The molecule has 2 heterocycles. The molecule has 0 amide bonds. The van der Waals surface area contributed by atoms with Gasteiger partial charge in [-0.15, -0.1) is 12.4 Å². The fourth-order valence-electron chi connectivity index (χ4n) is 3.62. The average molecular weight is 430 g/mol. The first kappa shape index (κ1) is 20.3. The molecule has 0 bridgehead atoms. The van der Waals surface area contributed by atoms with Crippen LogP contribution in [-0.2, 0) is 19.4 Å².